The predicted molar refractivity (Wildman–Crippen MR) is 85.4 cm³/mol. The highest BCUT2D eigenvalue weighted by atomic mass is 79.9. The summed E-state index contributed by atoms with van der Waals surface area (Å²) in [4.78, 5) is 3.03. The maximum atomic E-state index is 6.11. The molecule has 1 aliphatic rings. The second-order valence-electron chi connectivity index (χ2n) is 4.13. The van der Waals surface area contributed by atoms with Gasteiger partial charge in [-0.05, 0) is 35.4 Å². The van der Waals surface area contributed by atoms with Crippen LogP contribution in [-0.4, -0.2) is 0 Å². The number of alkyl halides is 2. The molecule has 0 radical (unpaired) electrons. The summed E-state index contributed by atoms with van der Waals surface area (Å²) in [5.41, 5.74) is 2.56. The molecule has 2 aromatic carbocycles. The van der Waals surface area contributed by atoms with Gasteiger partial charge in [0.25, 0.3) is 0 Å². The number of fused-ring (bicyclic) bond motifs is 2. The first-order valence-corrected chi connectivity index (χ1v) is 8.54. The zero-order valence-electron chi connectivity index (χ0n) is 9.24. The van der Waals surface area contributed by atoms with E-state index in [4.69, 9.17) is 11.6 Å². The topological polar surface area (TPSA) is 0 Å². The van der Waals surface area contributed by atoms with Gasteiger partial charge in [0.2, 0.25) is 0 Å². The van der Waals surface area contributed by atoms with Crippen LogP contribution in [0.1, 0.15) is 20.8 Å². The Morgan fingerprint density at radius 1 is 0.889 bits per heavy atom. The van der Waals surface area contributed by atoms with Crippen molar-refractivity contribution in [2.75, 3.05) is 0 Å². The SMILES string of the molecule is Clc1ccc2c(c1)[C@@H](Br)[C@H](Br)c1ccccc1S2. The summed E-state index contributed by atoms with van der Waals surface area (Å²) in [6, 6.07) is 14.6. The number of rotatable bonds is 0. The van der Waals surface area contributed by atoms with E-state index < -0.39 is 0 Å². The van der Waals surface area contributed by atoms with Crippen molar-refractivity contribution in [1.29, 1.82) is 0 Å². The maximum Gasteiger partial charge on any atom is 0.0573 e. The first-order chi connectivity index (χ1) is 8.66. The highest BCUT2D eigenvalue weighted by Crippen LogP contribution is 2.52. The molecule has 3 rings (SSSR count). The van der Waals surface area contributed by atoms with E-state index in [1.54, 1.807) is 11.8 Å². The summed E-state index contributed by atoms with van der Waals surface area (Å²) in [6.45, 7) is 0. The van der Waals surface area contributed by atoms with Crippen molar-refractivity contribution in [3.63, 3.8) is 0 Å². The third kappa shape index (κ3) is 2.26. The van der Waals surface area contributed by atoms with Crippen LogP contribution in [0.15, 0.2) is 52.3 Å². The average molecular weight is 405 g/mol. The van der Waals surface area contributed by atoms with Gasteiger partial charge >= 0.3 is 0 Å². The van der Waals surface area contributed by atoms with Crippen LogP contribution in [0.2, 0.25) is 5.02 Å². The predicted octanol–water partition coefficient (Wildman–Crippen LogP) is 6.38. The van der Waals surface area contributed by atoms with E-state index in [9.17, 15) is 0 Å². The molecule has 0 fully saturated rings. The largest absolute Gasteiger partial charge is 0.0894 e. The minimum atomic E-state index is 0.224. The minimum Gasteiger partial charge on any atom is -0.0894 e. The summed E-state index contributed by atoms with van der Waals surface area (Å²) >= 11 is 15.5. The number of halogens is 3. The van der Waals surface area contributed by atoms with E-state index in [1.807, 2.05) is 12.1 Å². The van der Waals surface area contributed by atoms with Crippen LogP contribution in [0.4, 0.5) is 0 Å². The first-order valence-electron chi connectivity index (χ1n) is 5.51. The lowest BCUT2D eigenvalue weighted by molar-refractivity contribution is 0.907. The summed E-state index contributed by atoms with van der Waals surface area (Å²) in [5, 5.41) is 0.782. The zero-order chi connectivity index (χ0) is 12.7. The van der Waals surface area contributed by atoms with E-state index >= 15 is 0 Å². The Bertz CT molecular complexity index is 600. The smallest absolute Gasteiger partial charge is 0.0573 e. The maximum absolute atomic E-state index is 6.11. The van der Waals surface area contributed by atoms with Crippen LogP contribution in [0.25, 0.3) is 0 Å². The second kappa shape index (κ2) is 5.20. The standard InChI is InChI=1S/C14H9Br2ClS/c15-13-9-3-1-2-4-11(9)18-12-6-5-8(17)7-10(12)14(13)16/h1-7,13-14H/t13-,14-/m1/s1. The Balaban J connectivity index is 2.20. The normalized spacial score (nSPS) is 21.9. The lowest BCUT2D eigenvalue weighted by Gasteiger charge is -2.16. The number of hydrogen-bond donors (Lipinski definition) is 0. The third-order valence-corrected chi connectivity index (χ3v) is 7.13. The van der Waals surface area contributed by atoms with Gasteiger partial charge in [0.1, 0.15) is 0 Å². The van der Waals surface area contributed by atoms with Crippen molar-refractivity contribution in [1.82, 2.24) is 0 Å². The van der Waals surface area contributed by atoms with Gasteiger partial charge in [-0.25, -0.2) is 0 Å². The van der Waals surface area contributed by atoms with Gasteiger partial charge in [-0.1, -0.05) is 73.4 Å². The quantitative estimate of drug-likeness (QED) is 0.459. The number of benzene rings is 2. The molecule has 18 heavy (non-hydrogen) atoms. The molecule has 1 heterocycles. The van der Waals surface area contributed by atoms with Gasteiger partial charge in [-0.2, -0.15) is 0 Å². The van der Waals surface area contributed by atoms with E-state index in [2.05, 4.69) is 62.2 Å². The van der Waals surface area contributed by atoms with Crippen molar-refractivity contribution in [2.45, 2.75) is 19.4 Å². The molecule has 0 spiro atoms. The fourth-order valence-electron chi connectivity index (χ4n) is 2.06. The molecule has 4 heteroatoms. The minimum absolute atomic E-state index is 0.224. The summed E-state index contributed by atoms with van der Waals surface area (Å²) < 4.78 is 0. The Labute approximate surface area is 132 Å². The lowest BCUT2D eigenvalue weighted by Crippen LogP contribution is -1.98. The highest BCUT2D eigenvalue weighted by Gasteiger charge is 2.28. The average Bonchev–Trinajstić information content (AvgIpc) is 2.48. The molecule has 92 valence electrons. The van der Waals surface area contributed by atoms with Crippen LogP contribution in [0, 0.1) is 0 Å². The van der Waals surface area contributed by atoms with Gasteiger partial charge in [-0.15, -0.1) is 0 Å². The Kier molecular flexibility index (Phi) is 3.77. The van der Waals surface area contributed by atoms with E-state index in [1.165, 1.54) is 20.9 Å². The van der Waals surface area contributed by atoms with Crippen molar-refractivity contribution in [3.8, 4) is 0 Å². The first kappa shape index (κ1) is 13.0. The Morgan fingerprint density at radius 2 is 1.56 bits per heavy atom. The number of hydrogen-bond acceptors (Lipinski definition) is 1. The van der Waals surface area contributed by atoms with Gasteiger partial charge in [-0.3, -0.25) is 0 Å². The van der Waals surface area contributed by atoms with Gasteiger partial charge < -0.3 is 0 Å². The van der Waals surface area contributed by atoms with Crippen LogP contribution < -0.4 is 0 Å². The molecular formula is C14H9Br2ClS. The third-order valence-electron chi connectivity index (χ3n) is 2.96. The van der Waals surface area contributed by atoms with Crippen molar-refractivity contribution >= 4 is 55.2 Å². The monoisotopic (exact) mass is 402 g/mol. The molecule has 1 aliphatic heterocycles. The fraction of sp³-hybridized carbons (Fsp3) is 0.143. The van der Waals surface area contributed by atoms with Crippen molar-refractivity contribution in [3.05, 3.63) is 58.6 Å². The highest BCUT2D eigenvalue weighted by molar-refractivity contribution is 9.12. The molecule has 0 amide bonds. The second-order valence-corrected chi connectivity index (χ2v) is 7.62. The van der Waals surface area contributed by atoms with E-state index in [0.29, 0.717) is 0 Å². The van der Waals surface area contributed by atoms with Crippen LogP contribution in [0.3, 0.4) is 0 Å². The molecule has 0 nitrogen and oxygen atoms in total. The molecule has 0 unspecified atom stereocenters. The summed E-state index contributed by atoms with van der Waals surface area (Å²) in [7, 11) is 0. The summed E-state index contributed by atoms with van der Waals surface area (Å²) in [5.74, 6) is 0. The van der Waals surface area contributed by atoms with Crippen LogP contribution in [-0.2, 0) is 0 Å². The van der Waals surface area contributed by atoms with Gasteiger partial charge in [0, 0.05) is 14.8 Å². The molecule has 0 aliphatic carbocycles. The van der Waals surface area contributed by atoms with Crippen molar-refractivity contribution in [2.24, 2.45) is 0 Å². The molecular weight excluding hydrogens is 395 g/mol. The van der Waals surface area contributed by atoms with E-state index in [0.717, 1.165) is 5.02 Å². The molecule has 2 atom stereocenters. The van der Waals surface area contributed by atoms with Crippen molar-refractivity contribution < 1.29 is 0 Å². The molecule has 0 bridgehead atoms. The van der Waals surface area contributed by atoms with Gasteiger partial charge in [0.15, 0.2) is 0 Å². The molecule has 2 aromatic rings. The Hall–Kier alpha value is 0.0400. The van der Waals surface area contributed by atoms with E-state index in [-0.39, 0.29) is 9.65 Å². The zero-order valence-corrected chi connectivity index (χ0v) is 14.0. The van der Waals surface area contributed by atoms with Crippen LogP contribution >= 0.6 is 55.2 Å². The molecule has 0 N–H and O–H groups in total. The molecule has 0 saturated carbocycles. The Morgan fingerprint density at radius 3 is 2.39 bits per heavy atom. The fourth-order valence-corrected chi connectivity index (χ4v) is 5.03. The lowest BCUT2D eigenvalue weighted by atomic mass is 10.0. The molecule has 0 aromatic heterocycles. The van der Waals surface area contributed by atoms with Gasteiger partial charge in [0.05, 0.1) is 9.65 Å². The summed E-state index contributed by atoms with van der Waals surface area (Å²) in [6.07, 6.45) is 0. The van der Waals surface area contributed by atoms with Crippen LogP contribution in [0.5, 0.6) is 0 Å². The molecule has 0 saturated heterocycles.